The van der Waals surface area contributed by atoms with E-state index in [1.54, 1.807) is 0 Å². The summed E-state index contributed by atoms with van der Waals surface area (Å²) in [6.45, 7) is 6.73. The van der Waals surface area contributed by atoms with E-state index in [1.807, 2.05) is 0 Å². The molecule has 0 nitrogen and oxygen atoms in total. The van der Waals surface area contributed by atoms with Gasteiger partial charge in [-0.1, -0.05) is 169 Å². The number of fused-ring (bicyclic) bond motifs is 7. The molecule has 0 saturated heterocycles. The van der Waals surface area contributed by atoms with Gasteiger partial charge in [0.25, 0.3) is 0 Å². The van der Waals surface area contributed by atoms with Crippen molar-refractivity contribution < 1.29 is 0 Å². The van der Waals surface area contributed by atoms with Crippen molar-refractivity contribution in [3.63, 3.8) is 0 Å². The lowest BCUT2D eigenvalue weighted by atomic mass is 9.86. The van der Waals surface area contributed by atoms with Crippen LogP contribution in [0.4, 0.5) is 0 Å². The lowest BCUT2D eigenvalue weighted by Crippen LogP contribution is -1.91. The highest BCUT2D eigenvalue weighted by Gasteiger charge is 2.27. The van der Waals surface area contributed by atoms with Gasteiger partial charge in [-0.3, -0.25) is 0 Å². The van der Waals surface area contributed by atoms with Crippen LogP contribution in [-0.2, 0) is 0 Å². The van der Waals surface area contributed by atoms with Crippen LogP contribution in [0.2, 0.25) is 0 Å². The summed E-state index contributed by atoms with van der Waals surface area (Å²) in [5.74, 6) is 0. The molecule has 0 N–H and O–H groups in total. The van der Waals surface area contributed by atoms with E-state index < -0.39 is 0 Å². The third-order valence-corrected chi connectivity index (χ3v) is 11.8. The quantitative estimate of drug-likeness (QED) is 0.175. The average molecular weight is 673 g/mol. The molecule has 0 aromatic heterocycles. The molecule has 11 aromatic rings. The van der Waals surface area contributed by atoms with Gasteiger partial charge in [-0.25, -0.2) is 0 Å². The zero-order valence-electron chi connectivity index (χ0n) is 30.1. The van der Waals surface area contributed by atoms with Crippen LogP contribution in [0.3, 0.4) is 0 Å². The Morgan fingerprint density at radius 3 is 1.51 bits per heavy atom. The van der Waals surface area contributed by atoms with E-state index in [0.29, 0.717) is 0 Å². The molecule has 0 amide bonds. The normalized spacial score (nSPS) is 12.1. The standard InChI is InChI=1S/C53H36/c1-31-29-32(2)46(33(3)30-31)42-27-28-45-47-39(42)22-13-25-43(47)52-51(45)49(38-20-11-10-19-36(38)34-15-6-4-7-16-34)44-26-14-24-41-40-23-12-21-37(35-17-8-5-9-18-35)48(40)53(52)50(41)44/h4-30H,1-3H3. The molecule has 0 aliphatic rings. The van der Waals surface area contributed by atoms with E-state index in [1.165, 1.54) is 126 Å². The predicted molar refractivity (Wildman–Crippen MR) is 230 cm³/mol. The fourth-order valence-electron chi connectivity index (χ4n) is 9.95. The topological polar surface area (TPSA) is 0 Å². The van der Waals surface area contributed by atoms with Crippen LogP contribution in [0.5, 0.6) is 0 Å². The fraction of sp³-hybridized carbons (Fsp3) is 0.0566. The molecule has 0 atom stereocenters. The first-order valence-corrected chi connectivity index (χ1v) is 18.7. The molecule has 0 aliphatic heterocycles. The second-order valence-electron chi connectivity index (χ2n) is 14.9. The van der Waals surface area contributed by atoms with E-state index in [-0.39, 0.29) is 0 Å². The predicted octanol–water partition coefficient (Wildman–Crippen LogP) is 15.1. The first-order chi connectivity index (χ1) is 26.1. The molecule has 53 heavy (non-hydrogen) atoms. The Morgan fingerprint density at radius 2 is 0.792 bits per heavy atom. The number of hydrogen-bond donors (Lipinski definition) is 0. The van der Waals surface area contributed by atoms with Gasteiger partial charge in [0.1, 0.15) is 0 Å². The highest BCUT2D eigenvalue weighted by molar-refractivity contribution is 6.49. The number of rotatable bonds is 4. The molecular weight excluding hydrogens is 637 g/mol. The van der Waals surface area contributed by atoms with Gasteiger partial charge < -0.3 is 0 Å². The molecule has 11 aromatic carbocycles. The van der Waals surface area contributed by atoms with Gasteiger partial charge in [0.05, 0.1) is 0 Å². The molecule has 11 rings (SSSR count). The van der Waals surface area contributed by atoms with Crippen molar-refractivity contribution in [2.75, 3.05) is 0 Å². The van der Waals surface area contributed by atoms with Crippen molar-refractivity contribution in [2.45, 2.75) is 20.8 Å². The third-order valence-electron chi connectivity index (χ3n) is 11.8. The van der Waals surface area contributed by atoms with Crippen molar-refractivity contribution in [2.24, 2.45) is 0 Å². The van der Waals surface area contributed by atoms with Gasteiger partial charge in [-0.2, -0.15) is 0 Å². The van der Waals surface area contributed by atoms with E-state index >= 15 is 0 Å². The van der Waals surface area contributed by atoms with Gasteiger partial charge in [0.15, 0.2) is 0 Å². The third kappa shape index (κ3) is 4.18. The second-order valence-corrected chi connectivity index (χ2v) is 14.9. The zero-order valence-corrected chi connectivity index (χ0v) is 30.1. The Balaban J connectivity index is 1.41. The zero-order chi connectivity index (χ0) is 35.4. The van der Waals surface area contributed by atoms with E-state index in [4.69, 9.17) is 0 Å². The molecule has 248 valence electrons. The lowest BCUT2D eigenvalue weighted by Gasteiger charge is -2.17. The maximum atomic E-state index is 2.43. The van der Waals surface area contributed by atoms with E-state index in [2.05, 4.69) is 185 Å². The second kappa shape index (κ2) is 11.2. The molecule has 0 radical (unpaired) electrons. The molecule has 0 unspecified atom stereocenters. The van der Waals surface area contributed by atoms with Crippen LogP contribution >= 0.6 is 0 Å². The smallest absolute Gasteiger partial charge is 0.000115 e. The SMILES string of the molecule is Cc1cc(C)c(-c2ccc3c4c(-c5ccccc5-c5ccccc5)c5cccc6c7cccc(-c8ccccc8)c7c(c56)c4c4cccc2c34)c(C)c1. The minimum absolute atomic E-state index is 1.23. The Kier molecular flexibility index (Phi) is 6.40. The van der Waals surface area contributed by atoms with Gasteiger partial charge in [0.2, 0.25) is 0 Å². The molecule has 0 spiro atoms. The Hall–Kier alpha value is -6.50. The van der Waals surface area contributed by atoms with Crippen molar-refractivity contribution in [3.05, 3.63) is 180 Å². The van der Waals surface area contributed by atoms with E-state index in [9.17, 15) is 0 Å². The number of benzene rings is 9. The molecule has 0 bridgehead atoms. The molecule has 0 fully saturated rings. The van der Waals surface area contributed by atoms with E-state index in [0.717, 1.165) is 0 Å². The van der Waals surface area contributed by atoms with Crippen LogP contribution in [0.1, 0.15) is 16.7 Å². The maximum absolute atomic E-state index is 2.43. The lowest BCUT2D eigenvalue weighted by molar-refractivity contribution is 1.32. The first kappa shape index (κ1) is 30.2. The minimum Gasteiger partial charge on any atom is -0.0622 e. The summed E-state index contributed by atoms with van der Waals surface area (Å²) in [6, 6.07) is 61.3. The summed E-state index contributed by atoms with van der Waals surface area (Å²) in [7, 11) is 0. The minimum atomic E-state index is 1.23. The summed E-state index contributed by atoms with van der Waals surface area (Å²) in [5.41, 5.74) is 14.2. The first-order valence-electron chi connectivity index (χ1n) is 18.7. The van der Waals surface area contributed by atoms with Crippen LogP contribution in [0, 0.1) is 20.8 Å². The van der Waals surface area contributed by atoms with Crippen LogP contribution < -0.4 is 0 Å². The molecular formula is C53H36. The van der Waals surface area contributed by atoms with Crippen LogP contribution in [-0.4, -0.2) is 0 Å². The highest BCUT2D eigenvalue weighted by atomic mass is 14.3. The fourth-order valence-corrected chi connectivity index (χ4v) is 9.95. The van der Waals surface area contributed by atoms with Gasteiger partial charge in [-0.15, -0.1) is 0 Å². The molecule has 0 heterocycles. The highest BCUT2D eigenvalue weighted by Crippen LogP contribution is 2.56. The Labute approximate surface area is 309 Å². The number of aryl methyl sites for hydroxylation is 3. The van der Waals surface area contributed by atoms with Crippen LogP contribution in [0.25, 0.3) is 109 Å². The van der Waals surface area contributed by atoms with Crippen molar-refractivity contribution in [1.29, 1.82) is 0 Å². The summed E-state index contributed by atoms with van der Waals surface area (Å²) in [6.07, 6.45) is 0. The summed E-state index contributed by atoms with van der Waals surface area (Å²) < 4.78 is 0. The summed E-state index contributed by atoms with van der Waals surface area (Å²) >= 11 is 0. The molecule has 0 heteroatoms. The molecule has 0 aliphatic carbocycles. The molecule has 0 saturated carbocycles. The average Bonchev–Trinajstić information content (AvgIpc) is 3.71. The number of hydrogen-bond acceptors (Lipinski definition) is 0. The van der Waals surface area contributed by atoms with Gasteiger partial charge in [-0.05, 0) is 141 Å². The van der Waals surface area contributed by atoms with Crippen molar-refractivity contribution in [3.8, 4) is 44.5 Å². The summed E-state index contributed by atoms with van der Waals surface area (Å²) in [4.78, 5) is 0. The van der Waals surface area contributed by atoms with Crippen molar-refractivity contribution in [1.82, 2.24) is 0 Å². The maximum Gasteiger partial charge on any atom is -0.000115 e. The van der Waals surface area contributed by atoms with Gasteiger partial charge in [0, 0.05) is 0 Å². The van der Waals surface area contributed by atoms with Crippen LogP contribution in [0.15, 0.2) is 164 Å². The Morgan fingerprint density at radius 1 is 0.264 bits per heavy atom. The largest absolute Gasteiger partial charge is 0.0622 e. The van der Waals surface area contributed by atoms with Crippen molar-refractivity contribution >= 4 is 64.6 Å². The summed E-state index contributed by atoms with van der Waals surface area (Å²) in [5, 5.41) is 16.1. The van der Waals surface area contributed by atoms with Gasteiger partial charge >= 0.3 is 0 Å². The Bertz CT molecular complexity index is 3200. The monoisotopic (exact) mass is 672 g/mol.